The highest BCUT2D eigenvalue weighted by atomic mass is 32.1. The molecule has 4 heterocycles. The molecular weight excluding hydrogens is 378 g/mol. The van der Waals surface area contributed by atoms with Crippen molar-refractivity contribution in [2.45, 2.75) is 13.5 Å². The number of carbonyl (C=O) groups excluding carboxylic acids is 1. The van der Waals surface area contributed by atoms with Gasteiger partial charge in [0.25, 0.3) is 0 Å². The summed E-state index contributed by atoms with van der Waals surface area (Å²) in [5, 5.41) is 9.55. The fourth-order valence-corrected chi connectivity index (χ4v) is 4.51. The molecular formula is C19H17N5OS2. The summed E-state index contributed by atoms with van der Waals surface area (Å²) in [6, 6.07) is 7.86. The Labute approximate surface area is 164 Å². The largest absolute Gasteiger partial charge is 0.377 e. The molecule has 0 atom stereocenters. The zero-order valence-corrected chi connectivity index (χ0v) is 16.2. The monoisotopic (exact) mass is 395 g/mol. The van der Waals surface area contributed by atoms with Gasteiger partial charge in [-0.15, -0.1) is 22.7 Å². The van der Waals surface area contributed by atoms with Crippen LogP contribution in [0.1, 0.15) is 22.2 Å². The molecule has 0 fully saturated rings. The molecule has 0 radical (unpaired) electrons. The first-order valence-corrected chi connectivity index (χ1v) is 10.2. The number of thiophene rings is 2. The van der Waals surface area contributed by atoms with Crippen molar-refractivity contribution in [2.24, 2.45) is 0 Å². The average molecular weight is 396 g/mol. The maximum absolute atomic E-state index is 11.4. The van der Waals surface area contributed by atoms with E-state index in [0.717, 1.165) is 44.9 Å². The van der Waals surface area contributed by atoms with E-state index in [-0.39, 0.29) is 0 Å². The Bertz CT molecular complexity index is 1070. The standard InChI is InChI=1S/C19H17N5OS2/c1-2-21-16-8-14-18(27-16)17(13-5-7-26-15(13)11-25)24-19(23-14)22-10-12-4-3-6-20-9-12/h3-9,11,21H,2,10H2,1H3,(H,22,23,24). The van der Waals surface area contributed by atoms with Crippen molar-refractivity contribution in [2.75, 3.05) is 17.2 Å². The molecule has 4 rings (SSSR count). The summed E-state index contributed by atoms with van der Waals surface area (Å²) in [6.07, 6.45) is 4.44. The molecule has 4 aromatic rings. The number of nitrogens with zero attached hydrogens (tertiary/aromatic N) is 3. The van der Waals surface area contributed by atoms with Gasteiger partial charge in [0.1, 0.15) is 0 Å². The fraction of sp³-hybridized carbons (Fsp3) is 0.158. The Kier molecular flexibility index (Phi) is 5.08. The van der Waals surface area contributed by atoms with Crippen LogP contribution >= 0.6 is 22.7 Å². The van der Waals surface area contributed by atoms with Gasteiger partial charge in [-0.25, -0.2) is 9.97 Å². The first kappa shape index (κ1) is 17.6. The van der Waals surface area contributed by atoms with Crippen molar-refractivity contribution in [1.29, 1.82) is 0 Å². The van der Waals surface area contributed by atoms with Crippen LogP contribution in [0.4, 0.5) is 10.9 Å². The molecule has 8 heteroatoms. The van der Waals surface area contributed by atoms with Crippen LogP contribution in [0.15, 0.2) is 42.0 Å². The van der Waals surface area contributed by atoms with Crippen LogP contribution in [0.25, 0.3) is 21.5 Å². The van der Waals surface area contributed by atoms with Gasteiger partial charge < -0.3 is 10.6 Å². The second-order valence-corrected chi connectivity index (χ2v) is 7.78. The first-order chi connectivity index (χ1) is 13.3. The van der Waals surface area contributed by atoms with E-state index in [0.29, 0.717) is 17.4 Å². The number of pyridine rings is 1. The lowest BCUT2D eigenvalue weighted by Gasteiger charge is -2.08. The number of fused-ring (bicyclic) bond motifs is 1. The summed E-state index contributed by atoms with van der Waals surface area (Å²) < 4.78 is 0.972. The Morgan fingerprint density at radius 1 is 1.22 bits per heavy atom. The predicted octanol–water partition coefficient (Wildman–Crippen LogP) is 4.67. The predicted molar refractivity (Wildman–Crippen MR) is 112 cm³/mol. The average Bonchev–Trinajstić information content (AvgIpc) is 3.33. The van der Waals surface area contributed by atoms with Gasteiger partial charge in [0.05, 0.1) is 25.8 Å². The third-order valence-corrected chi connectivity index (χ3v) is 5.88. The van der Waals surface area contributed by atoms with Crippen molar-refractivity contribution in [1.82, 2.24) is 15.0 Å². The molecule has 27 heavy (non-hydrogen) atoms. The fourth-order valence-electron chi connectivity index (χ4n) is 2.74. The number of carbonyl (C=O) groups is 1. The first-order valence-electron chi connectivity index (χ1n) is 8.49. The summed E-state index contributed by atoms with van der Waals surface area (Å²) >= 11 is 3.02. The molecule has 0 spiro atoms. The van der Waals surface area contributed by atoms with Gasteiger partial charge in [0, 0.05) is 31.0 Å². The molecule has 0 amide bonds. The Morgan fingerprint density at radius 3 is 2.93 bits per heavy atom. The summed E-state index contributed by atoms with van der Waals surface area (Å²) in [6.45, 7) is 3.47. The second kappa shape index (κ2) is 7.81. The van der Waals surface area contributed by atoms with Crippen molar-refractivity contribution in [3.63, 3.8) is 0 Å². The second-order valence-electron chi connectivity index (χ2n) is 5.78. The molecule has 0 bridgehead atoms. The number of aldehydes is 1. The van der Waals surface area contributed by atoms with E-state index in [1.54, 1.807) is 17.5 Å². The van der Waals surface area contributed by atoms with Crippen molar-refractivity contribution >= 4 is 50.1 Å². The van der Waals surface area contributed by atoms with Crippen molar-refractivity contribution in [3.8, 4) is 11.3 Å². The van der Waals surface area contributed by atoms with Gasteiger partial charge in [-0.3, -0.25) is 9.78 Å². The minimum Gasteiger partial charge on any atom is -0.377 e. The van der Waals surface area contributed by atoms with Crippen LogP contribution in [0, 0.1) is 0 Å². The van der Waals surface area contributed by atoms with Crippen molar-refractivity contribution < 1.29 is 4.79 Å². The highest BCUT2D eigenvalue weighted by Gasteiger charge is 2.17. The van der Waals surface area contributed by atoms with Gasteiger partial charge in [0.15, 0.2) is 6.29 Å². The SMILES string of the molecule is CCNc1cc2nc(NCc3cccnc3)nc(-c3ccsc3C=O)c2s1. The summed E-state index contributed by atoms with van der Waals surface area (Å²) in [4.78, 5) is 25.6. The molecule has 0 aliphatic rings. The Balaban J connectivity index is 1.77. The molecule has 0 aromatic carbocycles. The van der Waals surface area contributed by atoms with Crippen LogP contribution in [0.3, 0.4) is 0 Å². The van der Waals surface area contributed by atoms with Crippen LogP contribution < -0.4 is 10.6 Å². The number of aromatic nitrogens is 3. The van der Waals surface area contributed by atoms with Crippen molar-refractivity contribution in [3.05, 3.63) is 52.5 Å². The Hall–Kier alpha value is -2.84. The Morgan fingerprint density at radius 2 is 2.15 bits per heavy atom. The van der Waals surface area contributed by atoms with Crippen LogP contribution in [0.2, 0.25) is 0 Å². The van der Waals surface area contributed by atoms with E-state index in [4.69, 9.17) is 4.98 Å². The number of nitrogens with one attached hydrogen (secondary N) is 2. The lowest BCUT2D eigenvalue weighted by atomic mass is 10.2. The van der Waals surface area contributed by atoms with Gasteiger partial charge in [0.2, 0.25) is 5.95 Å². The third kappa shape index (κ3) is 3.67. The topological polar surface area (TPSA) is 79.8 Å². The molecule has 0 saturated heterocycles. The van der Waals surface area contributed by atoms with E-state index in [9.17, 15) is 4.79 Å². The number of anilines is 2. The molecule has 4 aromatic heterocycles. The number of rotatable bonds is 7. The highest BCUT2D eigenvalue weighted by molar-refractivity contribution is 7.23. The van der Waals surface area contributed by atoms with E-state index in [2.05, 4.69) is 27.5 Å². The minimum atomic E-state index is 0.533. The lowest BCUT2D eigenvalue weighted by molar-refractivity contribution is 0.112. The maximum atomic E-state index is 11.4. The molecule has 0 aliphatic carbocycles. The lowest BCUT2D eigenvalue weighted by Crippen LogP contribution is -2.04. The van der Waals surface area contributed by atoms with Crippen LogP contribution in [-0.4, -0.2) is 27.8 Å². The molecule has 6 nitrogen and oxygen atoms in total. The normalized spacial score (nSPS) is 10.9. The van der Waals surface area contributed by atoms with E-state index >= 15 is 0 Å². The number of hydrogen-bond acceptors (Lipinski definition) is 8. The van der Waals surface area contributed by atoms with Gasteiger partial charge in [-0.2, -0.15) is 0 Å². The van der Waals surface area contributed by atoms with Gasteiger partial charge in [-0.1, -0.05) is 6.07 Å². The summed E-state index contributed by atoms with van der Waals surface area (Å²) in [5.74, 6) is 0.533. The molecule has 136 valence electrons. The molecule has 0 unspecified atom stereocenters. The smallest absolute Gasteiger partial charge is 0.224 e. The third-order valence-electron chi connectivity index (χ3n) is 3.95. The summed E-state index contributed by atoms with van der Waals surface area (Å²) in [7, 11) is 0. The quantitative estimate of drug-likeness (QED) is 0.443. The van der Waals surface area contributed by atoms with Crippen LogP contribution in [0.5, 0.6) is 0 Å². The molecule has 2 N–H and O–H groups in total. The highest BCUT2D eigenvalue weighted by Crippen LogP contribution is 2.38. The number of hydrogen-bond donors (Lipinski definition) is 2. The summed E-state index contributed by atoms with van der Waals surface area (Å²) in [5.41, 5.74) is 3.53. The van der Waals surface area contributed by atoms with E-state index in [1.807, 2.05) is 35.8 Å². The van der Waals surface area contributed by atoms with E-state index in [1.165, 1.54) is 11.3 Å². The molecule has 0 aliphatic heterocycles. The van der Waals surface area contributed by atoms with Gasteiger partial charge in [-0.05, 0) is 36.1 Å². The molecule has 0 saturated carbocycles. The van der Waals surface area contributed by atoms with Gasteiger partial charge >= 0.3 is 0 Å². The van der Waals surface area contributed by atoms with E-state index < -0.39 is 0 Å². The minimum absolute atomic E-state index is 0.533. The maximum Gasteiger partial charge on any atom is 0.224 e. The zero-order chi connectivity index (χ0) is 18.6. The zero-order valence-electron chi connectivity index (χ0n) is 14.6. The van der Waals surface area contributed by atoms with Crippen LogP contribution in [-0.2, 0) is 6.54 Å².